The first-order valence-electron chi connectivity index (χ1n) is 21.8. The van der Waals surface area contributed by atoms with Crippen molar-refractivity contribution >= 4 is 75.1 Å². The van der Waals surface area contributed by atoms with E-state index in [0.29, 0.717) is 58.7 Å². The molecule has 0 aliphatic heterocycles. The van der Waals surface area contributed by atoms with Crippen molar-refractivity contribution in [1.29, 1.82) is 10.5 Å². The van der Waals surface area contributed by atoms with Gasteiger partial charge in [-0.3, -0.25) is 24.1 Å². The van der Waals surface area contributed by atoms with Crippen molar-refractivity contribution in [3.63, 3.8) is 0 Å². The molecule has 70 heavy (non-hydrogen) atoms. The highest BCUT2D eigenvalue weighted by molar-refractivity contribution is 6.31. The number of carboxylic acids is 1. The molecule has 1 amide bonds. The number of amides is 1. The molecule has 8 aromatic rings. The van der Waals surface area contributed by atoms with Gasteiger partial charge in [-0.2, -0.15) is 10.5 Å². The Morgan fingerprint density at radius 2 is 1.20 bits per heavy atom. The van der Waals surface area contributed by atoms with Gasteiger partial charge in [0.05, 0.1) is 35.2 Å². The molecule has 6 N–H and O–H groups in total. The number of aromatic carboxylic acids is 1. The molecule has 0 aliphatic carbocycles. The number of carbonyl (C=O) groups is 2. The fourth-order valence-corrected chi connectivity index (χ4v) is 7.79. The smallest absolute Gasteiger partial charge is 0.335 e. The molecule has 0 spiro atoms. The number of hydrogen-bond acceptors (Lipinski definition) is 12. The fraction of sp³-hybridized carbons (Fsp3) is 0.192. The minimum Gasteiger partial charge on any atom is -0.478 e. The maximum atomic E-state index is 12.9. The number of benzene rings is 2. The van der Waals surface area contributed by atoms with Crippen LogP contribution in [0, 0.1) is 57.3 Å². The molecule has 358 valence electrons. The second-order valence-corrected chi connectivity index (χ2v) is 16.5. The Balaban J connectivity index is 0.000000249. The zero-order valence-corrected chi connectivity index (χ0v) is 41.1. The van der Waals surface area contributed by atoms with Crippen LogP contribution in [-0.2, 0) is 25.9 Å². The Labute approximate surface area is 422 Å². The monoisotopic (exact) mass is 1000 g/mol. The van der Waals surface area contributed by atoms with Gasteiger partial charge in [-0.15, -0.1) is 12.4 Å². The summed E-state index contributed by atoms with van der Waals surface area (Å²) in [5, 5.41) is 33.3. The highest BCUT2D eigenvalue weighted by Gasteiger charge is 2.14. The fourth-order valence-electron chi connectivity index (χ4n) is 7.46. The predicted octanol–water partition coefficient (Wildman–Crippen LogP) is 10.2. The van der Waals surface area contributed by atoms with Crippen LogP contribution in [0.15, 0.2) is 97.3 Å². The number of halogens is 4. The van der Waals surface area contributed by atoms with E-state index < -0.39 is 13.1 Å². The van der Waals surface area contributed by atoms with Crippen LogP contribution in [0.2, 0.25) is 10.0 Å². The van der Waals surface area contributed by atoms with Crippen molar-refractivity contribution in [2.24, 2.45) is 5.73 Å². The zero-order chi connectivity index (χ0) is 51.1. The summed E-state index contributed by atoms with van der Waals surface area (Å²) in [5.41, 5.74) is 23.9. The first-order chi connectivity index (χ1) is 33.4. The van der Waals surface area contributed by atoms with Gasteiger partial charge in [0.2, 0.25) is 0 Å². The summed E-state index contributed by atoms with van der Waals surface area (Å²) in [7, 11) is -1.00. The van der Waals surface area contributed by atoms with Crippen molar-refractivity contribution in [2.75, 3.05) is 12.9 Å². The van der Waals surface area contributed by atoms with Crippen LogP contribution in [-0.4, -0.2) is 54.0 Å². The maximum Gasteiger partial charge on any atom is 0.335 e. The molecule has 0 bridgehead atoms. The molecule has 0 fully saturated rings. The summed E-state index contributed by atoms with van der Waals surface area (Å²) >= 11 is 12.0. The number of nitrogens with one attached hydrogen (secondary N) is 1. The van der Waals surface area contributed by atoms with Gasteiger partial charge in [-0.25, -0.2) is 19.7 Å². The van der Waals surface area contributed by atoms with Gasteiger partial charge in [-0.1, -0.05) is 35.3 Å². The van der Waals surface area contributed by atoms with E-state index >= 15 is 0 Å². The average Bonchev–Trinajstić information content (AvgIpc) is 3.31. The number of alkyl halides is 1. The van der Waals surface area contributed by atoms with Crippen LogP contribution in [0.4, 0.5) is 10.2 Å². The van der Waals surface area contributed by atoms with Crippen molar-refractivity contribution in [3.05, 3.63) is 192 Å². The van der Waals surface area contributed by atoms with Crippen molar-refractivity contribution in [2.45, 2.75) is 60.5 Å². The van der Waals surface area contributed by atoms with Crippen molar-refractivity contribution in [1.82, 2.24) is 35.2 Å². The van der Waals surface area contributed by atoms with E-state index in [-0.39, 0.29) is 35.3 Å². The molecular weight excluding hydrogens is 952 g/mol. The van der Waals surface area contributed by atoms with Gasteiger partial charge >= 0.3 is 5.97 Å². The van der Waals surface area contributed by atoms with E-state index in [1.54, 1.807) is 24.5 Å². The zero-order valence-electron chi connectivity index (χ0n) is 39.8. The van der Waals surface area contributed by atoms with Gasteiger partial charge < -0.3 is 21.9 Å². The van der Waals surface area contributed by atoms with Gasteiger partial charge in [0.15, 0.2) is 0 Å². The number of carboxylic acid groups (broad SMARTS) is 1. The first-order valence-corrected chi connectivity index (χ1v) is 21.8. The average molecular weight is 1000 g/mol. The van der Waals surface area contributed by atoms with Crippen molar-refractivity contribution in [3.8, 4) is 12.1 Å². The normalized spacial score (nSPS) is 10.4. The lowest BCUT2D eigenvalue weighted by molar-refractivity contribution is 0.0696. The molecule has 0 radical (unpaired) electrons. The number of rotatable bonds is 9. The summed E-state index contributed by atoms with van der Waals surface area (Å²) in [6.45, 7) is 10.8. The third kappa shape index (κ3) is 14.9. The van der Waals surface area contributed by atoms with E-state index in [0.717, 1.165) is 61.1 Å². The Morgan fingerprint density at radius 3 is 1.67 bits per heavy atom. The lowest BCUT2D eigenvalue weighted by atomic mass is 10.0. The van der Waals surface area contributed by atoms with Crippen LogP contribution >= 0.6 is 35.6 Å². The molecule has 6 heterocycles. The largest absolute Gasteiger partial charge is 0.478 e. The molecule has 0 aliphatic rings. The number of aryl methyl sites for hydroxylation is 5. The minimum absolute atomic E-state index is 0. The minimum atomic E-state index is -1.08. The number of fused-ring (bicyclic) bond motifs is 2. The molecular formula is C52H49Cl3FN11O3. The molecule has 2 aromatic carbocycles. The van der Waals surface area contributed by atoms with E-state index in [1.165, 1.54) is 29.3 Å². The quantitative estimate of drug-likeness (QED) is 0.105. The van der Waals surface area contributed by atoms with E-state index in [1.807, 2.05) is 88.4 Å². The van der Waals surface area contributed by atoms with Gasteiger partial charge in [0, 0.05) is 83.1 Å². The number of hydrogen-bond donors (Lipinski definition) is 4. The Bertz CT molecular complexity index is 3270. The number of pyridine rings is 6. The summed E-state index contributed by atoms with van der Waals surface area (Å²) in [5.74, 6) is -0.927. The number of aromatic nitrogens is 6. The maximum absolute atomic E-state index is 12.9. The van der Waals surface area contributed by atoms with Gasteiger partial charge in [-0.05, 0) is 141 Å². The van der Waals surface area contributed by atoms with Crippen LogP contribution in [0.5, 0.6) is 0 Å². The number of carbonyl (C=O) groups excluding carboxylic acids is 1. The van der Waals surface area contributed by atoms with E-state index in [9.17, 15) is 19.2 Å². The number of nitriles is 2. The second-order valence-electron chi connectivity index (χ2n) is 15.7. The van der Waals surface area contributed by atoms with E-state index in [2.05, 4.69) is 48.2 Å². The third-order valence-corrected chi connectivity index (χ3v) is 11.0. The first kappa shape index (κ1) is 53.3. The second kappa shape index (κ2) is 25.6. The lowest BCUT2D eigenvalue weighted by Crippen LogP contribution is -2.24. The number of anilines is 1. The highest BCUT2D eigenvalue weighted by Crippen LogP contribution is 2.23. The SMILES string of the molecule is Cc1cc(C)c(CN)c(C)n1.Cc1cc(N)nc(C)c1CNC(=O)c1cc(C#N)nc(Cc2ccc3ncc(Cl)cc3c2)c1.Cl.N#Cc1cc(C(=O)O)cc(Cc2ccc3ncc(Cl)cc3c2)n1.[2H]CF. The molecule has 0 atom stereocenters. The molecule has 0 saturated carbocycles. The number of nitrogens with zero attached hydrogens (tertiary/aromatic N) is 8. The molecule has 6 aromatic heterocycles. The van der Waals surface area contributed by atoms with Crippen LogP contribution < -0.4 is 16.8 Å². The van der Waals surface area contributed by atoms with Crippen molar-refractivity contribution < 1.29 is 20.5 Å². The third-order valence-electron chi connectivity index (χ3n) is 10.6. The summed E-state index contributed by atoms with van der Waals surface area (Å²) in [6.07, 6.45) is 4.06. The van der Waals surface area contributed by atoms with Crippen LogP contribution in [0.3, 0.4) is 0 Å². The number of nitrogen functional groups attached to an aromatic ring is 1. The molecule has 14 nitrogen and oxygen atoms in total. The van der Waals surface area contributed by atoms with Crippen LogP contribution in [0.25, 0.3) is 21.8 Å². The summed E-state index contributed by atoms with van der Waals surface area (Å²) < 4.78 is 15.5. The molecule has 0 saturated heterocycles. The molecule has 8 rings (SSSR count). The standard InChI is InChI=1S/C25H21ClN6O.C17H10ClN3O2.C9H14N2.CH3F.ClH/c1-14-5-24(28)31-15(2)22(14)13-30-25(33)18-9-20(32-21(10-18)11-27)7-16-3-4-23-17(6-16)8-19(26)12-29-23;18-13-5-11-3-10(1-2-16(11)20-9-13)4-14-6-12(17(22)23)7-15(8-19)21-14;1-6-4-7(2)11-8(3)9(6)5-10;1-2;/h3-6,8-10,12H,7,13H2,1-2H3,(H2,28,31)(H,30,33);1-3,5-7,9H,4H2,(H,22,23);4H,5,10H2,1-3H3;1H3;1H/i;;;1D;. The highest BCUT2D eigenvalue weighted by atomic mass is 35.5. The number of nitrogens with two attached hydrogens (primary N) is 2. The van der Waals surface area contributed by atoms with E-state index in [4.69, 9.17) is 46.4 Å². The summed E-state index contributed by atoms with van der Waals surface area (Å²) in [6, 6.07) is 28.9. The van der Waals surface area contributed by atoms with Crippen LogP contribution in [0.1, 0.15) is 95.3 Å². The topological polar surface area (TPSA) is 243 Å². The summed E-state index contributed by atoms with van der Waals surface area (Å²) in [4.78, 5) is 49.7. The van der Waals surface area contributed by atoms with Gasteiger partial charge in [0.1, 0.15) is 29.3 Å². The Kier molecular flexibility index (Phi) is 19.5. The van der Waals surface area contributed by atoms with Gasteiger partial charge in [0.25, 0.3) is 5.91 Å². The Hall–Kier alpha value is -7.66. The molecule has 18 heteroatoms. The molecule has 0 unspecified atom stereocenters. The lowest BCUT2D eigenvalue weighted by Gasteiger charge is -2.12. The Morgan fingerprint density at radius 1 is 0.714 bits per heavy atom. The predicted molar refractivity (Wildman–Crippen MR) is 274 cm³/mol.